The fraction of sp³-hybridized carbons (Fsp3) is 0.250. The summed E-state index contributed by atoms with van der Waals surface area (Å²) in [5.74, 6) is -0.00790. The third kappa shape index (κ3) is 4.46. The van der Waals surface area contributed by atoms with E-state index in [-0.39, 0.29) is 12.0 Å². The van der Waals surface area contributed by atoms with Crippen LogP contribution >= 0.6 is 0 Å². The van der Waals surface area contributed by atoms with Gasteiger partial charge >= 0.3 is 0 Å². The van der Waals surface area contributed by atoms with Crippen LogP contribution < -0.4 is 0 Å². The van der Waals surface area contributed by atoms with E-state index in [1.807, 2.05) is 77.7 Å². The first kappa shape index (κ1) is 18.4. The van der Waals surface area contributed by atoms with Crippen molar-refractivity contribution in [2.45, 2.75) is 25.5 Å². The summed E-state index contributed by atoms with van der Waals surface area (Å²) in [6.45, 7) is 1.96. The quantitative estimate of drug-likeness (QED) is 0.636. The van der Waals surface area contributed by atoms with Crippen LogP contribution in [0.5, 0.6) is 0 Å². The van der Waals surface area contributed by atoms with Crippen molar-refractivity contribution >= 4 is 5.91 Å². The van der Waals surface area contributed by atoms with Gasteiger partial charge in [0.1, 0.15) is 0 Å². The van der Waals surface area contributed by atoms with E-state index in [1.165, 1.54) is 0 Å². The van der Waals surface area contributed by atoms with Gasteiger partial charge in [-0.25, -0.2) is 0 Å². The van der Waals surface area contributed by atoms with E-state index in [9.17, 15) is 4.79 Å². The lowest BCUT2D eigenvalue weighted by Crippen LogP contribution is -2.37. The summed E-state index contributed by atoms with van der Waals surface area (Å²) in [7, 11) is 0. The van der Waals surface area contributed by atoms with Crippen molar-refractivity contribution in [1.29, 1.82) is 0 Å². The first-order valence-electron chi connectivity index (χ1n) is 9.76. The minimum atomic E-state index is -0.00790. The molecule has 4 rings (SSSR count). The molecule has 1 atom stereocenters. The number of pyridine rings is 1. The molecule has 2 heterocycles. The Kier molecular flexibility index (Phi) is 5.78. The molecule has 0 bridgehead atoms. The highest BCUT2D eigenvalue weighted by molar-refractivity contribution is 5.94. The Labute approximate surface area is 165 Å². The summed E-state index contributed by atoms with van der Waals surface area (Å²) in [5.41, 5.74) is 3.63. The SMILES string of the molecule is O=C(c1ccc(-c2ccccc2)nc1)N(Cc1ccccc1)CC1CCCO1. The van der Waals surface area contributed by atoms with Gasteiger partial charge in [-0.2, -0.15) is 0 Å². The van der Waals surface area contributed by atoms with Gasteiger partial charge in [0.2, 0.25) is 0 Å². The Morgan fingerprint density at radius 1 is 1.00 bits per heavy atom. The summed E-state index contributed by atoms with van der Waals surface area (Å²) in [5, 5.41) is 0. The molecule has 3 aromatic rings. The molecule has 1 amide bonds. The summed E-state index contributed by atoms with van der Waals surface area (Å²) in [6, 6.07) is 23.8. The second-order valence-electron chi connectivity index (χ2n) is 7.10. The van der Waals surface area contributed by atoms with E-state index in [0.29, 0.717) is 18.7 Å². The fourth-order valence-electron chi connectivity index (χ4n) is 3.54. The van der Waals surface area contributed by atoms with Crippen LogP contribution in [0.4, 0.5) is 0 Å². The first-order valence-corrected chi connectivity index (χ1v) is 9.76. The van der Waals surface area contributed by atoms with E-state index in [1.54, 1.807) is 6.20 Å². The van der Waals surface area contributed by atoms with Crippen molar-refractivity contribution in [1.82, 2.24) is 9.88 Å². The lowest BCUT2D eigenvalue weighted by atomic mass is 10.1. The summed E-state index contributed by atoms with van der Waals surface area (Å²) < 4.78 is 5.77. The van der Waals surface area contributed by atoms with E-state index >= 15 is 0 Å². The number of carbonyl (C=O) groups excluding carboxylic acids is 1. The molecule has 28 heavy (non-hydrogen) atoms. The van der Waals surface area contributed by atoms with Gasteiger partial charge in [0, 0.05) is 31.5 Å². The number of carbonyl (C=O) groups is 1. The second-order valence-corrected chi connectivity index (χ2v) is 7.10. The third-order valence-corrected chi connectivity index (χ3v) is 5.03. The summed E-state index contributed by atoms with van der Waals surface area (Å²) in [4.78, 5) is 19.6. The zero-order valence-corrected chi connectivity index (χ0v) is 15.8. The van der Waals surface area contributed by atoms with Crippen LogP contribution in [-0.4, -0.2) is 35.0 Å². The van der Waals surface area contributed by atoms with Crippen LogP contribution in [0, 0.1) is 0 Å². The van der Waals surface area contributed by atoms with Crippen molar-refractivity contribution in [3.05, 3.63) is 90.1 Å². The number of aromatic nitrogens is 1. The minimum absolute atomic E-state index is 0.00790. The highest BCUT2D eigenvalue weighted by Crippen LogP contribution is 2.19. The monoisotopic (exact) mass is 372 g/mol. The number of amides is 1. The van der Waals surface area contributed by atoms with E-state index < -0.39 is 0 Å². The number of rotatable bonds is 6. The summed E-state index contributed by atoms with van der Waals surface area (Å²) in [6.07, 6.45) is 3.86. The molecule has 0 saturated carbocycles. The van der Waals surface area contributed by atoms with Crippen molar-refractivity contribution < 1.29 is 9.53 Å². The average molecular weight is 372 g/mol. The lowest BCUT2D eigenvalue weighted by molar-refractivity contribution is 0.0507. The zero-order chi connectivity index (χ0) is 19.2. The maximum absolute atomic E-state index is 13.2. The normalized spacial score (nSPS) is 16.1. The molecular formula is C24H24N2O2. The Hall–Kier alpha value is -2.98. The molecule has 1 aromatic heterocycles. The van der Waals surface area contributed by atoms with Crippen LogP contribution in [0.25, 0.3) is 11.3 Å². The Morgan fingerprint density at radius 2 is 1.75 bits per heavy atom. The van der Waals surface area contributed by atoms with Gasteiger partial charge < -0.3 is 9.64 Å². The standard InChI is InChI=1S/C24H24N2O2/c27-24(21-13-14-23(25-16-21)20-10-5-2-6-11-20)26(18-22-12-7-15-28-22)17-19-8-3-1-4-9-19/h1-6,8-11,13-14,16,22H,7,12,15,17-18H2. The second kappa shape index (κ2) is 8.81. The molecule has 1 unspecified atom stereocenters. The van der Waals surface area contributed by atoms with Crippen LogP contribution in [0.15, 0.2) is 79.0 Å². The molecule has 0 aliphatic carbocycles. The van der Waals surface area contributed by atoms with Gasteiger partial charge in [0.25, 0.3) is 5.91 Å². The number of hydrogen-bond donors (Lipinski definition) is 0. The highest BCUT2D eigenvalue weighted by Gasteiger charge is 2.24. The van der Waals surface area contributed by atoms with Gasteiger partial charge in [-0.05, 0) is 30.5 Å². The Bertz CT molecular complexity index is 889. The molecule has 1 fully saturated rings. The molecule has 4 heteroatoms. The molecule has 142 valence electrons. The van der Waals surface area contributed by atoms with Crippen molar-refractivity contribution in [3.8, 4) is 11.3 Å². The largest absolute Gasteiger partial charge is 0.376 e. The van der Waals surface area contributed by atoms with Crippen LogP contribution in [0.1, 0.15) is 28.8 Å². The molecule has 0 N–H and O–H groups in total. The van der Waals surface area contributed by atoms with Gasteiger partial charge in [-0.3, -0.25) is 9.78 Å². The zero-order valence-electron chi connectivity index (χ0n) is 15.8. The first-order chi connectivity index (χ1) is 13.8. The summed E-state index contributed by atoms with van der Waals surface area (Å²) >= 11 is 0. The molecule has 0 radical (unpaired) electrons. The molecule has 1 aliphatic rings. The van der Waals surface area contributed by atoms with E-state index in [0.717, 1.165) is 36.3 Å². The van der Waals surface area contributed by atoms with E-state index in [2.05, 4.69) is 4.98 Å². The average Bonchev–Trinajstić information content (AvgIpc) is 3.27. The van der Waals surface area contributed by atoms with Gasteiger partial charge in [-0.15, -0.1) is 0 Å². The van der Waals surface area contributed by atoms with Crippen molar-refractivity contribution in [3.63, 3.8) is 0 Å². The molecule has 2 aromatic carbocycles. The number of benzene rings is 2. The Morgan fingerprint density at radius 3 is 2.39 bits per heavy atom. The van der Waals surface area contributed by atoms with Crippen molar-refractivity contribution in [2.24, 2.45) is 0 Å². The maximum atomic E-state index is 13.2. The third-order valence-electron chi connectivity index (χ3n) is 5.03. The number of hydrogen-bond acceptors (Lipinski definition) is 3. The fourth-order valence-corrected chi connectivity index (χ4v) is 3.54. The topological polar surface area (TPSA) is 42.4 Å². The predicted molar refractivity (Wildman–Crippen MR) is 110 cm³/mol. The molecular weight excluding hydrogens is 348 g/mol. The van der Waals surface area contributed by atoms with Crippen molar-refractivity contribution in [2.75, 3.05) is 13.2 Å². The molecule has 1 aliphatic heterocycles. The minimum Gasteiger partial charge on any atom is -0.376 e. The van der Waals surface area contributed by atoms with Gasteiger partial charge in [0.15, 0.2) is 0 Å². The maximum Gasteiger partial charge on any atom is 0.255 e. The molecule has 4 nitrogen and oxygen atoms in total. The van der Waals surface area contributed by atoms with Gasteiger partial charge in [-0.1, -0.05) is 60.7 Å². The number of nitrogens with zero attached hydrogens (tertiary/aromatic N) is 2. The van der Waals surface area contributed by atoms with Crippen LogP contribution in [0.2, 0.25) is 0 Å². The molecule has 1 saturated heterocycles. The van der Waals surface area contributed by atoms with Crippen LogP contribution in [0.3, 0.4) is 0 Å². The number of ether oxygens (including phenoxy) is 1. The van der Waals surface area contributed by atoms with Crippen LogP contribution in [-0.2, 0) is 11.3 Å². The molecule has 0 spiro atoms. The smallest absolute Gasteiger partial charge is 0.255 e. The van der Waals surface area contributed by atoms with E-state index in [4.69, 9.17) is 4.74 Å². The predicted octanol–water partition coefficient (Wildman–Crippen LogP) is 4.57. The highest BCUT2D eigenvalue weighted by atomic mass is 16.5. The van der Waals surface area contributed by atoms with Gasteiger partial charge in [0.05, 0.1) is 17.4 Å². The Balaban J connectivity index is 1.53. The lowest BCUT2D eigenvalue weighted by Gasteiger charge is -2.25.